The fourth-order valence-electron chi connectivity index (χ4n) is 1.84. The molecule has 0 unspecified atom stereocenters. The number of amides is 3. The molecule has 0 spiro atoms. The molecule has 0 aliphatic rings. The van der Waals surface area contributed by atoms with Gasteiger partial charge in [-0.3, -0.25) is 4.79 Å². The molecule has 0 aromatic heterocycles. The highest BCUT2D eigenvalue weighted by atomic mass is 16.2. The van der Waals surface area contributed by atoms with E-state index in [1.54, 1.807) is 30.3 Å². The Balaban J connectivity index is 2.64. The fourth-order valence-corrected chi connectivity index (χ4v) is 1.84. The van der Waals surface area contributed by atoms with Gasteiger partial charge in [0.1, 0.15) is 0 Å². The molecule has 5 nitrogen and oxygen atoms in total. The molecule has 3 N–H and O–H groups in total. The highest BCUT2D eigenvalue weighted by Crippen LogP contribution is 2.16. The Hall–Kier alpha value is -2.30. The lowest BCUT2D eigenvalue weighted by atomic mass is 10.1. The molecule has 0 bridgehead atoms. The minimum Gasteiger partial charge on any atom is -0.335 e. The largest absolute Gasteiger partial charge is 0.335 e. The Bertz CT molecular complexity index is 526. The van der Waals surface area contributed by atoms with Crippen molar-refractivity contribution in [1.29, 1.82) is 0 Å². The van der Waals surface area contributed by atoms with E-state index in [0.29, 0.717) is 11.4 Å². The highest BCUT2D eigenvalue weighted by Gasteiger charge is 2.10. The van der Waals surface area contributed by atoms with E-state index in [1.807, 2.05) is 20.8 Å². The Labute approximate surface area is 132 Å². The van der Waals surface area contributed by atoms with Gasteiger partial charge in [-0.1, -0.05) is 32.9 Å². The van der Waals surface area contributed by atoms with Gasteiger partial charge in [0.05, 0.1) is 0 Å². The zero-order chi connectivity index (χ0) is 16.5. The monoisotopic (exact) mass is 303 g/mol. The molecule has 0 saturated carbocycles. The van der Waals surface area contributed by atoms with Crippen molar-refractivity contribution in [3.8, 4) is 0 Å². The summed E-state index contributed by atoms with van der Waals surface area (Å²) in [5, 5.41) is 8.46. The third-order valence-electron chi connectivity index (χ3n) is 3.19. The first-order chi connectivity index (χ1) is 10.5. The summed E-state index contributed by atoms with van der Waals surface area (Å²) in [6.07, 6.45) is 3.36. The van der Waals surface area contributed by atoms with Crippen molar-refractivity contribution in [2.75, 3.05) is 10.6 Å². The number of carbonyl (C=O) groups is 2. The SMILES string of the molecule is C=CC[C@@H](CC)NC(=O)Nc1cccc(NC(=O)C(C)C)c1. The van der Waals surface area contributed by atoms with E-state index < -0.39 is 0 Å². The number of rotatable bonds is 7. The number of benzene rings is 1. The smallest absolute Gasteiger partial charge is 0.319 e. The molecule has 0 aliphatic carbocycles. The summed E-state index contributed by atoms with van der Waals surface area (Å²) in [6.45, 7) is 9.35. The number of carbonyl (C=O) groups excluding carboxylic acids is 2. The summed E-state index contributed by atoms with van der Waals surface area (Å²) >= 11 is 0. The van der Waals surface area contributed by atoms with Crippen LogP contribution in [-0.4, -0.2) is 18.0 Å². The lowest BCUT2D eigenvalue weighted by Crippen LogP contribution is -2.37. The Kier molecular flexibility index (Phi) is 7.16. The predicted molar refractivity (Wildman–Crippen MR) is 91.0 cm³/mol. The first kappa shape index (κ1) is 17.8. The van der Waals surface area contributed by atoms with Gasteiger partial charge in [-0.05, 0) is 31.0 Å². The summed E-state index contributed by atoms with van der Waals surface area (Å²) in [5.41, 5.74) is 1.29. The van der Waals surface area contributed by atoms with Crippen LogP contribution in [0.2, 0.25) is 0 Å². The van der Waals surface area contributed by atoms with Crippen LogP contribution in [0.1, 0.15) is 33.6 Å². The molecule has 0 heterocycles. The van der Waals surface area contributed by atoms with E-state index in [0.717, 1.165) is 12.8 Å². The number of anilines is 2. The van der Waals surface area contributed by atoms with Crippen molar-refractivity contribution in [3.05, 3.63) is 36.9 Å². The van der Waals surface area contributed by atoms with Crippen molar-refractivity contribution in [1.82, 2.24) is 5.32 Å². The minimum atomic E-state index is -0.263. The number of nitrogens with one attached hydrogen (secondary N) is 3. The second-order valence-corrected chi connectivity index (χ2v) is 5.45. The lowest BCUT2D eigenvalue weighted by Gasteiger charge is -2.16. The number of hydrogen-bond donors (Lipinski definition) is 3. The fraction of sp³-hybridized carbons (Fsp3) is 0.412. The molecule has 0 aliphatic heterocycles. The second kappa shape index (κ2) is 8.87. The first-order valence-electron chi connectivity index (χ1n) is 7.55. The third kappa shape index (κ3) is 5.99. The molecule has 0 radical (unpaired) electrons. The normalized spacial score (nSPS) is 11.6. The molecule has 5 heteroatoms. The predicted octanol–water partition coefficient (Wildman–Crippen LogP) is 3.76. The molecule has 3 amide bonds. The maximum Gasteiger partial charge on any atom is 0.319 e. The summed E-state index contributed by atoms with van der Waals surface area (Å²) in [7, 11) is 0. The molecule has 1 aromatic rings. The average Bonchev–Trinajstić information content (AvgIpc) is 2.46. The topological polar surface area (TPSA) is 70.2 Å². The van der Waals surface area contributed by atoms with Gasteiger partial charge >= 0.3 is 6.03 Å². The van der Waals surface area contributed by atoms with Gasteiger partial charge in [0, 0.05) is 23.3 Å². The molecule has 22 heavy (non-hydrogen) atoms. The molecule has 1 rings (SSSR count). The zero-order valence-corrected chi connectivity index (χ0v) is 13.5. The third-order valence-corrected chi connectivity index (χ3v) is 3.19. The molecule has 120 valence electrons. The summed E-state index contributed by atoms with van der Waals surface area (Å²) in [4.78, 5) is 23.6. The average molecular weight is 303 g/mol. The Morgan fingerprint density at radius 3 is 2.41 bits per heavy atom. The maximum atomic E-state index is 12.0. The van der Waals surface area contributed by atoms with Crippen LogP contribution in [0.25, 0.3) is 0 Å². The van der Waals surface area contributed by atoms with Gasteiger partial charge in [-0.15, -0.1) is 6.58 Å². The minimum absolute atomic E-state index is 0.0568. The van der Waals surface area contributed by atoms with Crippen LogP contribution in [0, 0.1) is 5.92 Å². The lowest BCUT2D eigenvalue weighted by molar-refractivity contribution is -0.118. The van der Waals surface area contributed by atoms with Crippen LogP contribution >= 0.6 is 0 Å². The quantitative estimate of drug-likeness (QED) is 0.671. The Morgan fingerprint density at radius 2 is 1.86 bits per heavy atom. The van der Waals surface area contributed by atoms with Crippen LogP contribution in [0.3, 0.4) is 0 Å². The van der Waals surface area contributed by atoms with Crippen LogP contribution in [0.15, 0.2) is 36.9 Å². The highest BCUT2D eigenvalue weighted by molar-refractivity contribution is 5.94. The van der Waals surface area contributed by atoms with Crippen molar-refractivity contribution >= 4 is 23.3 Å². The van der Waals surface area contributed by atoms with Crippen LogP contribution in [0.5, 0.6) is 0 Å². The molecule has 1 atom stereocenters. The van der Waals surface area contributed by atoms with Crippen molar-refractivity contribution < 1.29 is 9.59 Å². The van der Waals surface area contributed by atoms with Crippen LogP contribution in [-0.2, 0) is 4.79 Å². The van der Waals surface area contributed by atoms with E-state index in [-0.39, 0.29) is 23.9 Å². The van der Waals surface area contributed by atoms with Gasteiger partial charge in [0.15, 0.2) is 0 Å². The van der Waals surface area contributed by atoms with E-state index in [1.165, 1.54) is 0 Å². The van der Waals surface area contributed by atoms with E-state index in [4.69, 9.17) is 0 Å². The zero-order valence-electron chi connectivity index (χ0n) is 13.5. The number of urea groups is 1. The molecule has 0 fully saturated rings. The van der Waals surface area contributed by atoms with Gasteiger partial charge in [-0.2, -0.15) is 0 Å². The maximum absolute atomic E-state index is 12.0. The molecular formula is C17H25N3O2. The summed E-state index contributed by atoms with van der Waals surface area (Å²) < 4.78 is 0. The van der Waals surface area contributed by atoms with E-state index in [9.17, 15) is 9.59 Å². The van der Waals surface area contributed by atoms with Crippen molar-refractivity contribution in [2.45, 2.75) is 39.7 Å². The standard InChI is InChI=1S/C17H25N3O2/c1-5-8-13(6-2)19-17(22)20-15-10-7-9-14(11-15)18-16(21)12(3)4/h5,7,9-13H,1,6,8H2,2-4H3,(H,18,21)(H2,19,20,22)/t13-/m1/s1. The van der Waals surface area contributed by atoms with E-state index >= 15 is 0 Å². The van der Waals surface area contributed by atoms with Crippen LogP contribution < -0.4 is 16.0 Å². The second-order valence-electron chi connectivity index (χ2n) is 5.45. The molecule has 1 aromatic carbocycles. The van der Waals surface area contributed by atoms with Gasteiger partial charge in [0.2, 0.25) is 5.91 Å². The summed E-state index contributed by atoms with van der Waals surface area (Å²) in [5.74, 6) is -0.150. The van der Waals surface area contributed by atoms with Gasteiger partial charge in [-0.25, -0.2) is 4.79 Å². The van der Waals surface area contributed by atoms with E-state index in [2.05, 4.69) is 22.5 Å². The number of hydrogen-bond acceptors (Lipinski definition) is 2. The van der Waals surface area contributed by atoms with Crippen molar-refractivity contribution in [3.63, 3.8) is 0 Å². The van der Waals surface area contributed by atoms with Crippen molar-refractivity contribution in [2.24, 2.45) is 5.92 Å². The molecular weight excluding hydrogens is 278 g/mol. The Morgan fingerprint density at radius 1 is 1.23 bits per heavy atom. The van der Waals surface area contributed by atoms with Gasteiger partial charge in [0.25, 0.3) is 0 Å². The first-order valence-corrected chi connectivity index (χ1v) is 7.55. The molecule has 0 saturated heterocycles. The summed E-state index contributed by atoms with van der Waals surface area (Å²) in [6, 6.07) is 6.89. The van der Waals surface area contributed by atoms with Crippen LogP contribution in [0.4, 0.5) is 16.2 Å². The van der Waals surface area contributed by atoms with Gasteiger partial charge < -0.3 is 16.0 Å².